The van der Waals surface area contributed by atoms with Gasteiger partial charge in [0.1, 0.15) is 11.3 Å². The van der Waals surface area contributed by atoms with E-state index in [0.717, 1.165) is 11.4 Å². The van der Waals surface area contributed by atoms with E-state index in [-0.39, 0.29) is 18.1 Å². The maximum Gasteiger partial charge on any atom is 0.410 e. The van der Waals surface area contributed by atoms with Gasteiger partial charge in [-0.15, -0.1) is 0 Å². The lowest BCUT2D eigenvalue weighted by Gasteiger charge is -2.24. The SMILES string of the molecule is CC(C)(C)OC(=O)N1C[C@@H]2C(c3ccccn3)=NO[C@@H]2C1. The summed E-state index contributed by atoms with van der Waals surface area (Å²) in [5.41, 5.74) is 1.12. The number of carbonyl (C=O) groups excluding carboxylic acids is 1. The molecule has 0 aromatic carbocycles. The molecule has 1 fully saturated rings. The van der Waals surface area contributed by atoms with Gasteiger partial charge in [-0.3, -0.25) is 4.98 Å². The van der Waals surface area contributed by atoms with Crippen molar-refractivity contribution in [1.82, 2.24) is 9.88 Å². The molecule has 1 aromatic heterocycles. The summed E-state index contributed by atoms with van der Waals surface area (Å²) in [5, 5.41) is 4.13. The summed E-state index contributed by atoms with van der Waals surface area (Å²) in [6.45, 7) is 6.63. The highest BCUT2D eigenvalue weighted by Gasteiger charge is 2.45. The number of fused-ring (bicyclic) bond motifs is 1. The maximum atomic E-state index is 12.1. The van der Waals surface area contributed by atoms with Gasteiger partial charge >= 0.3 is 6.09 Å². The number of carbonyl (C=O) groups is 1. The molecular formula is C15H19N3O3. The molecule has 3 heterocycles. The zero-order chi connectivity index (χ0) is 15.0. The van der Waals surface area contributed by atoms with Crippen LogP contribution < -0.4 is 0 Å². The van der Waals surface area contributed by atoms with Crippen molar-refractivity contribution >= 4 is 11.8 Å². The summed E-state index contributed by atoms with van der Waals surface area (Å²) in [4.78, 5) is 23.6. The fourth-order valence-electron chi connectivity index (χ4n) is 2.56. The normalized spacial score (nSPS) is 24.3. The fourth-order valence-corrected chi connectivity index (χ4v) is 2.56. The number of hydrogen-bond acceptors (Lipinski definition) is 5. The van der Waals surface area contributed by atoms with Gasteiger partial charge in [-0.05, 0) is 32.9 Å². The number of pyridine rings is 1. The Bertz CT molecular complexity index is 565. The molecule has 0 bridgehead atoms. The molecule has 112 valence electrons. The van der Waals surface area contributed by atoms with Crippen molar-refractivity contribution in [3.05, 3.63) is 30.1 Å². The smallest absolute Gasteiger partial charge is 0.410 e. The van der Waals surface area contributed by atoms with E-state index in [1.54, 1.807) is 11.1 Å². The Hall–Kier alpha value is -2.11. The zero-order valence-electron chi connectivity index (χ0n) is 12.4. The van der Waals surface area contributed by atoms with Gasteiger partial charge in [0.05, 0.1) is 18.2 Å². The van der Waals surface area contributed by atoms with Gasteiger partial charge in [-0.2, -0.15) is 0 Å². The van der Waals surface area contributed by atoms with Crippen LogP contribution in [0.25, 0.3) is 0 Å². The Kier molecular flexibility index (Phi) is 3.31. The summed E-state index contributed by atoms with van der Waals surface area (Å²) < 4.78 is 5.40. The Labute approximate surface area is 123 Å². The Balaban J connectivity index is 1.70. The molecule has 0 N–H and O–H groups in total. The summed E-state index contributed by atoms with van der Waals surface area (Å²) in [7, 11) is 0. The Morgan fingerprint density at radius 3 is 2.86 bits per heavy atom. The molecule has 6 heteroatoms. The first-order valence-electron chi connectivity index (χ1n) is 7.07. The lowest BCUT2D eigenvalue weighted by Crippen LogP contribution is -2.36. The summed E-state index contributed by atoms with van der Waals surface area (Å²) in [6, 6.07) is 5.68. The first kappa shape index (κ1) is 13.9. The molecule has 0 radical (unpaired) electrons. The van der Waals surface area contributed by atoms with Gasteiger partial charge in [0.25, 0.3) is 0 Å². The minimum atomic E-state index is -0.493. The lowest BCUT2D eigenvalue weighted by atomic mass is 9.98. The monoisotopic (exact) mass is 289 g/mol. The molecule has 1 aromatic rings. The third-order valence-corrected chi connectivity index (χ3v) is 3.48. The molecule has 0 saturated carbocycles. The number of nitrogens with zero attached hydrogens (tertiary/aromatic N) is 3. The van der Waals surface area contributed by atoms with Crippen LogP contribution in [0, 0.1) is 5.92 Å². The maximum absolute atomic E-state index is 12.1. The number of likely N-dealkylation sites (tertiary alicyclic amines) is 1. The average molecular weight is 289 g/mol. The number of aromatic nitrogens is 1. The number of oxime groups is 1. The second kappa shape index (κ2) is 5.02. The first-order valence-corrected chi connectivity index (χ1v) is 7.07. The van der Waals surface area contributed by atoms with Crippen molar-refractivity contribution in [3.8, 4) is 0 Å². The van der Waals surface area contributed by atoms with Crippen LogP contribution in [-0.4, -0.2) is 46.5 Å². The third-order valence-electron chi connectivity index (χ3n) is 3.48. The van der Waals surface area contributed by atoms with E-state index in [2.05, 4.69) is 10.1 Å². The van der Waals surface area contributed by atoms with E-state index >= 15 is 0 Å². The van der Waals surface area contributed by atoms with Crippen molar-refractivity contribution in [2.75, 3.05) is 13.1 Å². The predicted octanol–water partition coefficient (Wildman–Crippen LogP) is 2.05. The quantitative estimate of drug-likeness (QED) is 0.793. The van der Waals surface area contributed by atoms with Gasteiger partial charge in [-0.25, -0.2) is 4.79 Å². The molecule has 0 aliphatic carbocycles. The Morgan fingerprint density at radius 1 is 1.38 bits per heavy atom. The van der Waals surface area contributed by atoms with E-state index in [4.69, 9.17) is 9.57 Å². The second-order valence-electron chi connectivity index (χ2n) is 6.33. The van der Waals surface area contributed by atoms with E-state index in [9.17, 15) is 4.79 Å². The molecule has 2 atom stereocenters. The van der Waals surface area contributed by atoms with Gasteiger partial charge in [-0.1, -0.05) is 11.2 Å². The average Bonchev–Trinajstić information content (AvgIpc) is 2.97. The molecule has 6 nitrogen and oxygen atoms in total. The lowest BCUT2D eigenvalue weighted by molar-refractivity contribution is 0.0228. The molecular weight excluding hydrogens is 270 g/mol. The van der Waals surface area contributed by atoms with Gasteiger partial charge in [0.15, 0.2) is 6.10 Å². The highest BCUT2D eigenvalue weighted by atomic mass is 16.6. The molecule has 2 aliphatic rings. The van der Waals surface area contributed by atoms with Crippen molar-refractivity contribution in [3.63, 3.8) is 0 Å². The first-order chi connectivity index (χ1) is 9.94. The molecule has 0 unspecified atom stereocenters. The van der Waals surface area contributed by atoms with Crippen LogP contribution in [0.2, 0.25) is 0 Å². The minimum Gasteiger partial charge on any atom is -0.444 e. The predicted molar refractivity (Wildman–Crippen MR) is 76.9 cm³/mol. The number of hydrogen-bond donors (Lipinski definition) is 0. The summed E-state index contributed by atoms with van der Waals surface area (Å²) in [6.07, 6.45) is 1.32. The van der Waals surface area contributed by atoms with Crippen LogP contribution in [0.5, 0.6) is 0 Å². The number of ether oxygens (including phenoxy) is 1. The van der Waals surface area contributed by atoms with Crippen LogP contribution in [0.4, 0.5) is 4.79 Å². The van der Waals surface area contributed by atoms with Crippen LogP contribution in [0.3, 0.4) is 0 Å². The number of rotatable bonds is 1. The van der Waals surface area contributed by atoms with Crippen LogP contribution in [-0.2, 0) is 9.57 Å². The van der Waals surface area contributed by atoms with Crippen LogP contribution in [0.1, 0.15) is 26.5 Å². The van der Waals surface area contributed by atoms with Gasteiger partial charge in [0.2, 0.25) is 0 Å². The molecule has 21 heavy (non-hydrogen) atoms. The van der Waals surface area contributed by atoms with Crippen molar-refractivity contribution < 1.29 is 14.4 Å². The van der Waals surface area contributed by atoms with Gasteiger partial charge in [0, 0.05) is 12.7 Å². The largest absolute Gasteiger partial charge is 0.444 e. The van der Waals surface area contributed by atoms with Crippen molar-refractivity contribution in [2.45, 2.75) is 32.5 Å². The second-order valence-corrected chi connectivity index (χ2v) is 6.33. The van der Waals surface area contributed by atoms with Gasteiger partial charge < -0.3 is 14.5 Å². The zero-order valence-corrected chi connectivity index (χ0v) is 12.4. The topological polar surface area (TPSA) is 64.0 Å². The minimum absolute atomic E-state index is 0.0624. The van der Waals surface area contributed by atoms with Crippen molar-refractivity contribution in [2.24, 2.45) is 11.1 Å². The summed E-state index contributed by atoms with van der Waals surface area (Å²) >= 11 is 0. The van der Waals surface area contributed by atoms with Crippen LogP contribution in [0.15, 0.2) is 29.6 Å². The van der Waals surface area contributed by atoms with E-state index in [1.165, 1.54) is 0 Å². The molecule has 0 spiro atoms. The van der Waals surface area contributed by atoms with E-state index in [1.807, 2.05) is 39.0 Å². The molecule has 3 rings (SSSR count). The molecule has 1 saturated heterocycles. The highest BCUT2D eigenvalue weighted by molar-refractivity contribution is 6.02. The standard InChI is InChI=1S/C15H19N3O3/c1-15(2,3)20-14(19)18-8-10-12(9-18)21-17-13(10)11-6-4-5-7-16-11/h4-7,10,12H,8-9H2,1-3H3/t10-,12+/m0/s1. The third kappa shape index (κ3) is 2.84. The van der Waals surface area contributed by atoms with Crippen molar-refractivity contribution in [1.29, 1.82) is 0 Å². The highest BCUT2D eigenvalue weighted by Crippen LogP contribution is 2.30. The van der Waals surface area contributed by atoms with Crippen LogP contribution >= 0.6 is 0 Å². The molecule has 2 aliphatic heterocycles. The van der Waals surface area contributed by atoms with E-state index in [0.29, 0.717) is 13.1 Å². The Morgan fingerprint density at radius 2 is 2.19 bits per heavy atom. The fraction of sp³-hybridized carbons (Fsp3) is 0.533. The number of amides is 1. The van der Waals surface area contributed by atoms with E-state index < -0.39 is 5.60 Å². The summed E-state index contributed by atoms with van der Waals surface area (Å²) in [5.74, 6) is 0.0624. The molecule has 1 amide bonds.